The van der Waals surface area contributed by atoms with Crippen molar-refractivity contribution in [3.8, 4) is 0 Å². The highest BCUT2D eigenvalue weighted by Crippen LogP contribution is 2.12. The molecule has 0 saturated carbocycles. The molecule has 244 valence electrons. The van der Waals surface area contributed by atoms with Crippen LogP contribution >= 0.6 is 0 Å². The Morgan fingerprint density at radius 2 is 0.702 bits per heavy atom. The predicted molar refractivity (Wildman–Crippen MR) is 179 cm³/mol. The number of carbonyl (C=O) groups excluding carboxylic acids is 4. The van der Waals surface area contributed by atoms with Gasteiger partial charge in [0.05, 0.1) is 26.3 Å². The molecule has 2 amide bonds. The van der Waals surface area contributed by atoms with Gasteiger partial charge in [0.2, 0.25) is 11.8 Å². The largest absolute Gasteiger partial charge is 0.467 e. The van der Waals surface area contributed by atoms with Gasteiger partial charge in [0.1, 0.15) is 12.1 Å². The van der Waals surface area contributed by atoms with Gasteiger partial charge in [0.25, 0.3) is 0 Å². The molecule has 0 heterocycles. The van der Waals surface area contributed by atoms with E-state index in [2.05, 4.69) is 16.0 Å². The minimum absolute atomic E-state index is 0.228. The smallest absolute Gasteiger partial charge is 0.328 e. The zero-order valence-corrected chi connectivity index (χ0v) is 26.6. The maximum Gasteiger partial charge on any atom is 0.328 e. The summed E-state index contributed by atoms with van der Waals surface area (Å²) in [6.07, 6.45) is 0.918. The lowest BCUT2D eigenvalue weighted by Crippen LogP contribution is -2.59. The van der Waals surface area contributed by atoms with E-state index >= 15 is 0 Å². The maximum absolute atomic E-state index is 14.0. The summed E-state index contributed by atoms with van der Waals surface area (Å²) >= 11 is 0. The Hall–Kier alpha value is -5.28. The second-order valence-electron chi connectivity index (χ2n) is 11.2. The Bertz CT molecular complexity index is 1450. The molecular formula is C38H41N3O6. The van der Waals surface area contributed by atoms with Crippen molar-refractivity contribution in [1.29, 1.82) is 0 Å². The molecule has 0 fully saturated rings. The van der Waals surface area contributed by atoms with Crippen molar-refractivity contribution in [2.45, 2.75) is 49.9 Å². The van der Waals surface area contributed by atoms with Gasteiger partial charge < -0.3 is 20.1 Å². The van der Waals surface area contributed by atoms with Crippen molar-refractivity contribution in [2.75, 3.05) is 14.2 Å². The van der Waals surface area contributed by atoms with Crippen LogP contribution in [-0.4, -0.2) is 62.1 Å². The maximum atomic E-state index is 14.0. The average molecular weight is 636 g/mol. The zero-order chi connectivity index (χ0) is 33.4. The van der Waals surface area contributed by atoms with Crippen molar-refractivity contribution in [3.05, 3.63) is 144 Å². The molecule has 0 aromatic heterocycles. The lowest BCUT2D eigenvalue weighted by atomic mass is 9.99. The fourth-order valence-corrected chi connectivity index (χ4v) is 5.31. The normalized spacial score (nSPS) is 13.3. The van der Waals surface area contributed by atoms with E-state index in [4.69, 9.17) is 9.47 Å². The van der Waals surface area contributed by atoms with Crippen molar-refractivity contribution in [1.82, 2.24) is 16.0 Å². The number of esters is 2. The van der Waals surface area contributed by atoms with E-state index in [9.17, 15) is 19.2 Å². The van der Waals surface area contributed by atoms with Crippen LogP contribution in [0.3, 0.4) is 0 Å². The van der Waals surface area contributed by atoms with E-state index in [0.29, 0.717) is 0 Å². The standard InChI is InChI=1S/C38H41N3O6/c1-46-37(44)33(25-29-19-11-5-12-20-29)40-35(42)31(23-27-15-7-3-8-16-27)39-32(24-28-17-9-4-10-18-28)36(43)41-34(38(45)47-2)26-30-21-13-6-14-22-30/h3-22,31-34,39H,23-26H2,1-2H3,(H,40,42)(H,41,43)/t31?,32?,33-,34-/m0/s1. The fraction of sp³-hybridized carbons (Fsp3) is 0.263. The number of hydrogen-bond donors (Lipinski definition) is 3. The van der Waals surface area contributed by atoms with Gasteiger partial charge in [-0.1, -0.05) is 121 Å². The topological polar surface area (TPSA) is 123 Å². The third kappa shape index (κ3) is 10.9. The highest BCUT2D eigenvalue weighted by atomic mass is 16.5. The van der Waals surface area contributed by atoms with Crippen LogP contribution in [0.15, 0.2) is 121 Å². The molecule has 4 aromatic rings. The SMILES string of the molecule is COC(=O)[C@H](Cc1ccccc1)NC(=O)C(Cc1ccccc1)NC(Cc1ccccc1)C(=O)N[C@@H](Cc1ccccc1)C(=O)OC. The Morgan fingerprint density at radius 1 is 0.447 bits per heavy atom. The highest BCUT2D eigenvalue weighted by molar-refractivity contribution is 5.90. The van der Waals surface area contributed by atoms with E-state index < -0.39 is 47.9 Å². The molecule has 0 radical (unpaired) electrons. The quantitative estimate of drug-likeness (QED) is 0.161. The highest BCUT2D eigenvalue weighted by Gasteiger charge is 2.32. The summed E-state index contributed by atoms with van der Waals surface area (Å²) in [6, 6.07) is 33.7. The monoisotopic (exact) mass is 635 g/mol. The van der Waals surface area contributed by atoms with Crippen molar-refractivity contribution in [2.24, 2.45) is 0 Å². The molecule has 0 saturated heterocycles. The Balaban J connectivity index is 1.62. The van der Waals surface area contributed by atoms with Gasteiger partial charge in [-0.15, -0.1) is 0 Å². The summed E-state index contributed by atoms with van der Waals surface area (Å²) < 4.78 is 10.1. The summed E-state index contributed by atoms with van der Waals surface area (Å²) in [7, 11) is 2.55. The molecule has 0 spiro atoms. The molecule has 0 aliphatic carbocycles. The second kappa shape index (κ2) is 18.0. The summed E-state index contributed by atoms with van der Waals surface area (Å²) in [5.41, 5.74) is 3.41. The minimum atomic E-state index is -0.953. The average Bonchev–Trinajstić information content (AvgIpc) is 3.11. The van der Waals surface area contributed by atoms with E-state index in [0.717, 1.165) is 22.3 Å². The van der Waals surface area contributed by atoms with Gasteiger partial charge in [-0.05, 0) is 35.1 Å². The number of rotatable bonds is 16. The first-order valence-corrected chi connectivity index (χ1v) is 15.5. The van der Waals surface area contributed by atoms with E-state index in [1.54, 1.807) is 0 Å². The van der Waals surface area contributed by atoms with Crippen LogP contribution in [0.25, 0.3) is 0 Å². The zero-order valence-electron chi connectivity index (χ0n) is 26.6. The second-order valence-corrected chi connectivity index (χ2v) is 11.2. The number of ether oxygens (including phenoxy) is 2. The third-order valence-corrected chi connectivity index (χ3v) is 7.77. The van der Waals surface area contributed by atoms with Gasteiger partial charge in [0, 0.05) is 12.8 Å². The van der Waals surface area contributed by atoms with Crippen LogP contribution in [0.5, 0.6) is 0 Å². The molecule has 2 unspecified atom stereocenters. The molecule has 0 aliphatic heterocycles. The van der Waals surface area contributed by atoms with E-state index in [1.165, 1.54) is 14.2 Å². The number of benzene rings is 4. The number of carbonyl (C=O) groups is 4. The van der Waals surface area contributed by atoms with Gasteiger partial charge in [-0.3, -0.25) is 14.9 Å². The number of nitrogens with one attached hydrogen (secondary N) is 3. The van der Waals surface area contributed by atoms with Crippen LogP contribution < -0.4 is 16.0 Å². The third-order valence-electron chi connectivity index (χ3n) is 7.77. The van der Waals surface area contributed by atoms with Gasteiger partial charge in [0.15, 0.2) is 0 Å². The first-order valence-electron chi connectivity index (χ1n) is 15.5. The molecule has 0 aliphatic rings. The lowest BCUT2D eigenvalue weighted by molar-refractivity contribution is -0.145. The van der Waals surface area contributed by atoms with E-state index in [-0.39, 0.29) is 25.7 Å². The minimum Gasteiger partial charge on any atom is -0.467 e. The molecule has 9 heteroatoms. The fourth-order valence-electron chi connectivity index (χ4n) is 5.31. The number of methoxy groups -OCH3 is 2. The lowest BCUT2D eigenvalue weighted by Gasteiger charge is -2.28. The van der Waals surface area contributed by atoms with E-state index in [1.807, 2.05) is 121 Å². The van der Waals surface area contributed by atoms with Crippen LogP contribution in [0.4, 0.5) is 0 Å². The molecule has 9 nitrogen and oxygen atoms in total. The van der Waals surface area contributed by atoms with Gasteiger partial charge in [-0.25, -0.2) is 9.59 Å². The molecule has 47 heavy (non-hydrogen) atoms. The summed E-state index contributed by atoms with van der Waals surface area (Å²) in [4.78, 5) is 53.6. The molecule has 4 aromatic carbocycles. The van der Waals surface area contributed by atoms with Crippen molar-refractivity contribution < 1.29 is 28.7 Å². The first kappa shape index (κ1) is 34.6. The number of amides is 2. The van der Waals surface area contributed by atoms with Gasteiger partial charge >= 0.3 is 11.9 Å². The van der Waals surface area contributed by atoms with Crippen LogP contribution in [-0.2, 0) is 54.3 Å². The Morgan fingerprint density at radius 3 is 0.957 bits per heavy atom. The Kier molecular flexibility index (Phi) is 13.3. The van der Waals surface area contributed by atoms with Crippen molar-refractivity contribution >= 4 is 23.8 Å². The summed E-state index contributed by atoms with van der Waals surface area (Å²) in [5.74, 6) is -2.11. The molecule has 0 bridgehead atoms. The van der Waals surface area contributed by atoms with Crippen LogP contribution in [0, 0.1) is 0 Å². The molecule has 4 atom stereocenters. The van der Waals surface area contributed by atoms with Crippen molar-refractivity contribution in [3.63, 3.8) is 0 Å². The first-order chi connectivity index (χ1) is 22.9. The van der Waals surface area contributed by atoms with Crippen LogP contribution in [0.2, 0.25) is 0 Å². The summed E-state index contributed by atoms with van der Waals surface area (Å²) in [5, 5.41) is 9.00. The predicted octanol–water partition coefficient (Wildman–Crippen LogP) is 3.60. The van der Waals surface area contributed by atoms with Gasteiger partial charge in [-0.2, -0.15) is 0 Å². The van der Waals surface area contributed by atoms with Crippen LogP contribution in [0.1, 0.15) is 22.3 Å². The molecule has 4 rings (SSSR count). The number of hydrogen-bond acceptors (Lipinski definition) is 7. The summed E-state index contributed by atoms with van der Waals surface area (Å²) in [6.45, 7) is 0. The molecular weight excluding hydrogens is 594 g/mol. The molecule has 3 N–H and O–H groups in total. The Labute approximate surface area is 275 Å².